The number of hydrogen-bond donors (Lipinski definition) is 1. The van der Waals surface area contributed by atoms with Crippen LogP contribution in [0.2, 0.25) is 0 Å². The van der Waals surface area contributed by atoms with Crippen LogP contribution in [0, 0.1) is 11.3 Å². The lowest BCUT2D eigenvalue weighted by molar-refractivity contribution is 1.04. The van der Waals surface area contributed by atoms with Crippen molar-refractivity contribution in [2.24, 2.45) is 0 Å². The first-order valence-corrected chi connectivity index (χ1v) is 5.20. The van der Waals surface area contributed by atoms with Gasteiger partial charge in [-0.1, -0.05) is 17.4 Å². The Labute approximate surface area is 91.2 Å². The van der Waals surface area contributed by atoms with E-state index in [0.29, 0.717) is 11.4 Å². The molecule has 0 saturated heterocycles. The molecule has 74 valence electrons. The van der Waals surface area contributed by atoms with Gasteiger partial charge in [-0.2, -0.15) is 5.26 Å². The highest BCUT2D eigenvalue weighted by molar-refractivity contribution is 7.16. The molecule has 0 unspecified atom stereocenters. The third kappa shape index (κ3) is 2.51. The summed E-state index contributed by atoms with van der Waals surface area (Å²) in [6.07, 6.45) is 3.31. The van der Waals surface area contributed by atoms with Crippen LogP contribution in [0.25, 0.3) is 0 Å². The van der Waals surface area contributed by atoms with Gasteiger partial charge in [0.25, 0.3) is 0 Å². The summed E-state index contributed by atoms with van der Waals surface area (Å²) < 4.78 is 0. The summed E-state index contributed by atoms with van der Waals surface area (Å²) >= 11 is 1.34. The number of nitrogens with zero attached hydrogens (tertiary/aromatic N) is 3. The molecule has 4 nitrogen and oxygen atoms in total. The third-order valence-corrected chi connectivity index (χ3v) is 2.62. The zero-order valence-corrected chi connectivity index (χ0v) is 8.66. The van der Waals surface area contributed by atoms with Gasteiger partial charge in [-0.15, -0.1) is 0 Å². The summed E-state index contributed by atoms with van der Waals surface area (Å²) in [7, 11) is 0. The molecule has 0 aliphatic carbocycles. The van der Waals surface area contributed by atoms with Crippen LogP contribution in [0.1, 0.15) is 10.6 Å². The second-order valence-corrected chi connectivity index (χ2v) is 3.85. The minimum atomic E-state index is 0.610. The SMILES string of the molecule is N#Cc1cnc(NCc2ccccn2)s1. The number of thiazole rings is 1. The fourth-order valence-electron chi connectivity index (χ4n) is 1.08. The monoisotopic (exact) mass is 216 g/mol. The van der Waals surface area contributed by atoms with Crippen LogP contribution in [0.5, 0.6) is 0 Å². The van der Waals surface area contributed by atoms with E-state index in [4.69, 9.17) is 5.26 Å². The van der Waals surface area contributed by atoms with Crippen LogP contribution < -0.4 is 5.32 Å². The van der Waals surface area contributed by atoms with E-state index >= 15 is 0 Å². The third-order valence-electron chi connectivity index (χ3n) is 1.76. The summed E-state index contributed by atoms with van der Waals surface area (Å²) in [6.45, 7) is 0.624. The second-order valence-electron chi connectivity index (χ2n) is 2.82. The number of anilines is 1. The molecule has 0 saturated carbocycles. The largest absolute Gasteiger partial charge is 0.356 e. The van der Waals surface area contributed by atoms with Gasteiger partial charge in [0.05, 0.1) is 18.4 Å². The number of hydrogen-bond acceptors (Lipinski definition) is 5. The Balaban J connectivity index is 1.97. The van der Waals surface area contributed by atoms with Crippen molar-refractivity contribution in [2.75, 3.05) is 5.32 Å². The van der Waals surface area contributed by atoms with Gasteiger partial charge in [0.2, 0.25) is 0 Å². The van der Waals surface area contributed by atoms with Crippen LogP contribution in [0.3, 0.4) is 0 Å². The average Bonchev–Trinajstić information content (AvgIpc) is 2.76. The van der Waals surface area contributed by atoms with Gasteiger partial charge < -0.3 is 5.32 Å². The van der Waals surface area contributed by atoms with Crippen LogP contribution >= 0.6 is 11.3 Å². The second kappa shape index (κ2) is 4.53. The lowest BCUT2D eigenvalue weighted by Crippen LogP contribution is -2.00. The van der Waals surface area contributed by atoms with E-state index < -0.39 is 0 Å². The average molecular weight is 216 g/mol. The van der Waals surface area contributed by atoms with Crippen molar-refractivity contribution in [1.29, 1.82) is 5.26 Å². The van der Waals surface area contributed by atoms with E-state index in [0.717, 1.165) is 10.8 Å². The highest BCUT2D eigenvalue weighted by Gasteiger charge is 2.00. The Morgan fingerprint density at radius 1 is 1.40 bits per heavy atom. The van der Waals surface area contributed by atoms with Crippen LogP contribution in [-0.2, 0) is 6.54 Å². The van der Waals surface area contributed by atoms with E-state index in [1.54, 1.807) is 12.4 Å². The molecule has 2 heterocycles. The molecule has 0 atom stereocenters. The van der Waals surface area contributed by atoms with Gasteiger partial charge in [-0.25, -0.2) is 4.98 Å². The van der Waals surface area contributed by atoms with Gasteiger partial charge in [0, 0.05) is 6.20 Å². The van der Waals surface area contributed by atoms with Crippen LogP contribution in [-0.4, -0.2) is 9.97 Å². The Bertz CT molecular complexity index is 472. The predicted octanol–water partition coefficient (Wildman–Crippen LogP) is 2.02. The molecule has 5 heteroatoms. The topological polar surface area (TPSA) is 61.6 Å². The molecule has 0 spiro atoms. The minimum Gasteiger partial charge on any atom is -0.356 e. The lowest BCUT2D eigenvalue weighted by Gasteiger charge is -2.00. The van der Waals surface area contributed by atoms with Crippen molar-refractivity contribution in [2.45, 2.75) is 6.54 Å². The number of nitrogens with one attached hydrogen (secondary N) is 1. The van der Waals surface area contributed by atoms with Crippen molar-refractivity contribution in [3.8, 4) is 6.07 Å². The van der Waals surface area contributed by atoms with Crippen molar-refractivity contribution < 1.29 is 0 Å². The molecule has 15 heavy (non-hydrogen) atoms. The molecular formula is C10H8N4S. The predicted molar refractivity (Wildman–Crippen MR) is 58.4 cm³/mol. The molecule has 0 radical (unpaired) electrons. The van der Waals surface area contributed by atoms with Gasteiger partial charge in [0.1, 0.15) is 10.9 Å². The van der Waals surface area contributed by atoms with Crippen molar-refractivity contribution in [3.05, 3.63) is 41.2 Å². The molecule has 0 aromatic carbocycles. The number of aromatic nitrogens is 2. The number of rotatable bonds is 3. The normalized spacial score (nSPS) is 9.53. The maximum Gasteiger partial charge on any atom is 0.184 e. The maximum atomic E-state index is 8.62. The zero-order chi connectivity index (χ0) is 10.5. The molecule has 0 aliphatic rings. The molecular weight excluding hydrogens is 208 g/mol. The molecule has 0 amide bonds. The van der Waals surface area contributed by atoms with Crippen LogP contribution in [0.15, 0.2) is 30.6 Å². The van der Waals surface area contributed by atoms with Crippen molar-refractivity contribution >= 4 is 16.5 Å². The number of nitriles is 1. The fraction of sp³-hybridized carbons (Fsp3) is 0.100. The van der Waals surface area contributed by atoms with E-state index in [1.807, 2.05) is 24.3 Å². The first-order valence-electron chi connectivity index (χ1n) is 4.38. The highest BCUT2D eigenvalue weighted by atomic mass is 32.1. The van der Waals surface area contributed by atoms with Crippen molar-refractivity contribution in [1.82, 2.24) is 9.97 Å². The van der Waals surface area contributed by atoms with Gasteiger partial charge in [-0.05, 0) is 12.1 Å². The van der Waals surface area contributed by atoms with E-state index in [2.05, 4.69) is 15.3 Å². The zero-order valence-electron chi connectivity index (χ0n) is 7.84. The first kappa shape index (κ1) is 9.62. The van der Waals surface area contributed by atoms with Gasteiger partial charge in [-0.3, -0.25) is 4.98 Å². The Hall–Kier alpha value is -1.93. The lowest BCUT2D eigenvalue weighted by atomic mass is 10.3. The molecule has 2 aromatic rings. The maximum absolute atomic E-state index is 8.62. The summed E-state index contributed by atoms with van der Waals surface area (Å²) in [6, 6.07) is 7.79. The summed E-state index contributed by atoms with van der Waals surface area (Å²) in [5, 5.41) is 12.5. The summed E-state index contributed by atoms with van der Waals surface area (Å²) in [4.78, 5) is 8.84. The van der Waals surface area contributed by atoms with Gasteiger partial charge in [0.15, 0.2) is 5.13 Å². The van der Waals surface area contributed by atoms with E-state index in [9.17, 15) is 0 Å². The Morgan fingerprint density at radius 2 is 2.33 bits per heavy atom. The highest BCUT2D eigenvalue weighted by Crippen LogP contribution is 2.17. The summed E-state index contributed by atoms with van der Waals surface area (Å²) in [5.41, 5.74) is 0.950. The van der Waals surface area contributed by atoms with Gasteiger partial charge >= 0.3 is 0 Å². The number of pyridine rings is 1. The smallest absolute Gasteiger partial charge is 0.184 e. The Morgan fingerprint density at radius 3 is 3.00 bits per heavy atom. The van der Waals surface area contributed by atoms with Crippen LogP contribution in [0.4, 0.5) is 5.13 Å². The van der Waals surface area contributed by atoms with E-state index in [1.165, 1.54) is 11.3 Å². The molecule has 2 aromatic heterocycles. The van der Waals surface area contributed by atoms with Crippen molar-refractivity contribution in [3.63, 3.8) is 0 Å². The summed E-state index contributed by atoms with van der Waals surface area (Å²) in [5.74, 6) is 0. The Kier molecular flexibility index (Phi) is 2.90. The molecule has 0 bridgehead atoms. The molecule has 0 aliphatic heterocycles. The molecule has 0 fully saturated rings. The fourth-order valence-corrected chi connectivity index (χ4v) is 1.69. The standard InChI is InChI=1S/C10H8N4S/c11-5-9-7-14-10(15-9)13-6-8-3-1-2-4-12-8/h1-4,7H,6H2,(H,13,14). The molecule has 1 N–H and O–H groups in total. The first-order chi connectivity index (χ1) is 7.38. The molecule has 2 rings (SSSR count). The minimum absolute atomic E-state index is 0.610. The van der Waals surface area contributed by atoms with E-state index in [-0.39, 0.29) is 0 Å². The quantitative estimate of drug-likeness (QED) is 0.852.